The number of nitrogens with one attached hydrogen (secondary N) is 1. The zero-order valence-corrected chi connectivity index (χ0v) is 14.8. The number of phenolic OH excluding ortho intramolecular Hbond substituents is 1. The minimum absolute atomic E-state index is 0.0724. The molecule has 0 bridgehead atoms. The van der Waals surface area contributed by atoms with Crippen molar-refractivity contribution < 1.29 is 19.4 Å². The number of methoxy groups -OCH3 is 1. The van der Waals surface area contributed by atoms with Gasteiger partial charge in [-0.2, -0.15) is 5.26 Å². The largest absolute Gasteiger partial charge is 0.508 e. The second kappa shape index (κ2) is 8.58. The first-order valence-electron chi connectivity index (χ1n) is 7.99. The van der Waals surface area contributed by atoms with Gasteiger partial charge in [0.15, 0.2) is 0 Å². The molecule has 0 aromatic heterocycles. The normalized spacial score (nSPS) is 11.0. The third-order valence-corrected chi connectivity index (χ3v) is 3.37. The molecule has 2 N–H and O–H groups in total. The minimum Gasteiger partial charge on any atom is -0.508 e. The number of nitrogens with zero attached hydrogens (tertiary/aromatic N) is 1. The van der Waals surface area contributed by atoms with Crippen LogP contribution in [0, 0.1) is 11.3 Å². The van der Waals surface area contributed by atoms with Crippen LogP contribution in [-0.2, 0) is 4.79 Å². The maximum atomic E-state index is 12.4. The third-order valence-electron chi connectivity index (χ3n) is 3.37. The number of nitriles is 1. The van der Waals surface area contributed by atoms with E-state index in [0.717, 1.165) is 0 Å². The number of rotatable bonds is 6. The fraction of sp³-hybridized carbons (Fsp3) is 0.200. The number of hydrogen-bond acceptors (Lipinski definition) is 5. The van der Waals surface area contributed by atoms with E-state index in [9.17, 15) is 15.2 Å². The molecule has 2 aromatic rings. The monoisotopic (exact) mass is 352 g/mol. The Kier molecular flexibility index (Phi) is 6.23. The van der Waals surface area contributed by atoms with Crippen molar-refractivity contribution in [3.8, 4) is 23.3 Å². The minimum atomic E-state index is -0.551. The first kappa shape index (κ1) is 18.9. The van der Waals surface area contributed by atoms with Crippen LogP contribution in [0.4, 0.5) is 5.69 Å². The summed E-state index contributed by atoms with van der Waals surface area (Å²) in [6.45, 7) is 3.77. The average Bonchev–Trinajstić information content (AvgIpc) is 2.61. The zero-order valence-electron chi connectivity index (χ0n) is 14.8. The molecule has 2 aromatic carbocycles. The molecule has 0 aliphatic carbocycles. The van der Waals surface area contributed by atoms with E-state index in [2.05, 4.69) is 5.32 Å². The van der Waals surface area contributed by atoms with Gasteiger partial charge in [-0.05, 0) is 56.3 Å². The highest BCUT2D eigenvalue weighted by atomic mass is 16.5. The number of carbonyl (C=O) groups is 1. The lowest BCUT2D eigenvalue weighted by molar-refractivity contribution is -0.112. The first-order chi connectivity index (χ1) is 12.4. The number of anilines is 1. The molecule has 0 aliphatic heterocycles. The zero-order chi connectivity index (χ0) is 19.1. The number of aromatic hydroxyl groups is 1. The van der Waals surface area contributed by atoms with Crippen molar-refractivity contribution in [3.63, 3.8) is 0 Å². The van der Waals surface area contributed by atoms with Crippen molar-refractivity contribution >= 4 is 17.7 Å². The average molecular weight is 352 g/mol. The summed E-state index contributed by atoms with van der Waals surface area (Å²) in [6, 6.07) is 13.0. The number of phenols is 1. The predicted molar refractivity (Wildman–Crippen MR) is 99.1 cm³/mol. The molecule has 0 aliphatic rings. The molecular formula is C20H20N2O4. The van der Waals surface area contributed by atoms with Gasteiger partial charge in [0, 0.05) is 17.3 Å². The number of benzene rings is 2. The van der Waals surface area contributed by atoms with Gasteiger partial charge >= 0.3 is 0 Å². The van der Waals surface area contributed by atoms with E-state index in [-0.39, 0.29) is 17.4 Å². The standard InChI is InChI=1S/C20H20N2O4/c1-13(2)26-19-11-18(25-3)9-4-14(19)10-15(12-21)20(24)22-16-5-7-17(23)8-6-16/h4-11,13,23H,1-3H3,(H,22,24)/b15-10+. The van der Waals surface area contributed by atoms with Gasteiger partial charge in [-0.25, -0.2) is 0 Å². The maximum absolute atomic E-state index is 12.4. The van der Waals surface area contributed by atoms with Gasteiger partial charge in [-0.15, -0.1) is 0 Å². The number of amides is 1. The fourth-order valence-electron chi connectivity index (χ4n) is 2.16. The Hall–Kier alpha value is -3.46. The van der Waals surface area contributed by atoms with Crippen LogP contribution in [-0.4, -0.2) is 24.2 Å². The van der Waals surface area contributed by atoms with Crippen molar-refractivity contribution in [2.45, 2.75) is 20.0 Å². The smallest absolute Gasteiger partial charge is 0.266 e. The molecule has 2 rings (SSSR count). The summed E-state index contributed by atoms with van der Waals surface area (Å²) in [5.74, 6) is 0.673. The summed E-state index contributed by atoms with van der Waals surface area (Å²) >= 11 is 0. The summed E-state index contributed by atoms with van der Waals surface area (Å²) < 4.78 is 10.9. The summed E-state index contributed by atoms with van der Waals surface area (Å²) in [5, 5.41) is 21.3. The molecule has 0 saturated heterocycles. The molecule has 6 heteroatoms. The maximum Gasteiger partial charge on any atom is 0.266 e. The van der Waals surface area contributed by atoms with Crippen molar-refractivity contribution in [1.29, 1.82) is 5.26 Å². The molecule has 0 heterocycles. The molecule has 0 atom stereocenters. The lowest BCUT2D eigenvalue weighted by Gasteiger charge is -2.14. The summed E-state index contributed by atoms with van der Waals surface area (Å²) in [6.07, 6.45) is 1.39. The number of hydrogen-bond donors (Lipinski definition) is 2. The van der Waals surface area contributed by atoms with Crippen molar-refractivity contribution in [2.24, 2.45) is 0 Å². The van der Waals surface area contributed by atoms with Gasteiger partial charge in [0.25, 0.3) is 5.91 Å². The number of carbonyl (C=O) groups excluding carboxylic acids is 1. The topological polar surface area (TPSA) is 91.6 Å². The van der Waals surface area contributed by atoms with Crippen LogP contribution < -0.4 is 14.8 Å². The highest BCUT2D eigenvalue weighted by Gasteiger charge is 2.13. The second-order valence-electron chi connectivity index (χ2n) is 5.74. The van der Waals surface area contributed by atoms with Gasteiger partial charge in [-0.3, -0.25) is 4.79 Å². The van der Waals surface area contributed by atoms with Crippen LogP contribution in [0.1, 0.15) is 19.4 Å². The Morgan fingerprint density at radius 1 is 1.23 bits per heavy atom. The van der Waals surface area contributed by atoms with Gasteiger partial charge in [-0.1, -0.05) is 0 Å². The van der Waals surface area contributed by atoms with E-state index in [0.29, 0.717) is 22.7 Å². The molecule has 1 amide bonds. The Balaban J connectivity index is 2.31. The van der Waals surface area contributed by atoms with Crippen molar-refractivity contribution in [3.05, 3.63) is 53.6 Å². The van der Waals surface area contributed by atoms with E-state index in [1.54, 1.807) is 37.4 Å². The molecule has 0 spiro atoms. The molecule has 0 saturated carbocycles. The van der Waals surface area contributed by atoms with E-state index in [1.165, 1.54) is 18.2 Å². The van der Waals surface area contributed by atoms with E-state index < -0.39 is 5.91 Å². The lowest BCUT2D eigenvalue weighted by Crippen LogP contribution is -2.13. The SMILES string of the molecule is COc1ccc(/C=C(\C#N)C(=O)Nc2ccc(O)cc2)c(OC(C)C)c1. The Morgan fingerprint density at radius 2 is 1.92 bits per heavy atom. The van der Waals surface area contributed by atoms with Gasteiger partial charge in [0.2, 0.25) is 0 Å². The van der Waals surface area contributed by atoms with Gasteiger partial charge < -0.3 is 19.9 Å². The summed E-state index contributed by atoms with van der Waals surface area (Å²) in [7, 11) is 1.55. The fourth-order valence-corrected chi connectivity index (χ4v) is 2.16. The van der Waals surface area contributed by atoms with Crippen LogP contribution in [0.15, 0.2) is 48.0 Å². The van der Waals surface area contributed by atoms with E-state index in [1.807, 2.05) is 19.9 Å². The lowest BCUT2D eigenvalue weighted by atomic mass is 10.1. The summed E-state index contributed by atoms with van der Waals surface area (Å²) in [4.78, 5) is 12.4. The molecule has 26 heavy (non-hydrogen) atoms. The van der Waals surface area contributed by atoms with Crippen molar-refractivity contribution in [2.75, 3.05) is 12.4 Å². The Bertz CT molecular complexity index is 849. The molecule has 0 radical (unpaired) electrons. The molecule has 0 unspecified atom stereocenters. The van der Waals surface area contributed by atoms with Crippen LogP contribution in [0.3, 0.4) is 0 Å². The molecule has 0 fully saturated rings. The quantitative estimate of drug-likeness (QED) is 0.469. The Labute approximate surface area is 152 Å². The molecular weight excluding hydrogens is 332 g/mol. The highest BCUT2D eigenvalue weighted by molar-refractivity contribution is 6.09. The van der Waals surface area contributed by atoms with Crippen molar-refractivity contribution in [1.82, 2.24) is 0 Å². The number of ether oxygens (including phenoxy) is 2. The molecule has 6 nitrogen and oxygen atoms in total. The highest BCUT2D eigenvalue weighted by Crippen LogP contribution is 2.28. The van der Waals surface area contributed by atoms with Gasteiger partial charge in [0.05, 0.1) is 13.2 Å². The van der Waals surface area contributed by atoms with Crippen LogP contribution in [0.5, 0.6) is 17.2 Å². The predicted octanol–water partition coefficient (Wildman–Crippen LogP) is 3.73. The van der Waals surface area contributed by atoms with Gasteiger partial charge in [0.1, 0.15) is 28.9 Å². The van der Waals surface area contributed by atoms with Crippen LogP contribution in [0.2, 0.25) is 0 Å². The van der Waals surface area contributed by atoms with Crippen LogP contribution >= 0.6 is 0 Å². The van der Waals surface area contributed by atoms with E-state index in [4.69, 9.17) is 9.47 Å². The van der Waals surface area contributed by atoms with Crippen LogP contribution in [0.25, 0.3) is 6.08 Å². The Morgan fingerprint density at radius 3 is 2.50 bits per heavy atom. The third kappa shape index (κ3) is 5.02. The first-order valence-corrected chi connectivity index (χ1v) is 7.99. The summed E-state index contributed by atoms with van der Waals surface area (Å²) in [5.41, 5.74) is 0.996. The second-order valence-corrected chi connectivity index (χ2v) is 5.74. The molecule has 134 valence electrons. The van der Waals surface area contributed by atoms with E-state index >= 15 is 0 Å².